The highest BCUT2D eigenvalue weighted by molar-refractivity contribution is 6.07. The molecule has 1 aliphatic rings. The third kappa shape index (κ3) is 2.75. The Kier molecular flexibility index (Phi) is 4.36. The van der Waals surface area contributed by atoms with Crippen molar-refractivity contribution in [3.63, 3.8) is 0 Å². The van der Waals surface area contributed by atoms with Crippen LogP contribution in [0.3, 0.4) is 0 Å². The fourth-order valence-corrected chi connectivity index (χ4v) is 2.42. The monoisotopic (exact) mass is 301 g/mol. The van der Waals surface area contributed by atoms with Crippen molar-refractivity contribution in [2.24, 2.45) is 5.92 Å². The summed E-state index contributed by atoms with van der Waals surface area (Å²) < 4.78 is 5.37. The van der Waals surface area contributed by atoms with Crippen molar-refractivity contribution >= 4 is 11.9 Å². The van der Waals surface area contributed by atoms with E-state index in [0.29, 0.717) is 17.9 Å². The van der Waals surface area contributed by atoms with Crippen LogP contribution in [0.15, 0.2) is 24.3 Å². The highest BCUT2D eigenvalue weighted by Crippen LogP contribution is 2.30. The lowest BCUT2D eigenvalue weighted by Gasteiger charge is -2.22. The quantitative estimate of drug-likeness (QED) is 0.843. The lowest BCUT2D eigenvalue weighted by Crippen LogP contribution is -2.41. The van der Waals surface area contributed by atoms with E-state index in [9.17, 15) is 9.59 Å². The summed E-state index contributed by atoms with van der Waals surface area (Å²) in [7, 11) is 0. The largest absolute Gasteiger partial charge is 0.494 e. The second-order valence-corrected chi connectivity index (χ2v) is 5.46. The summed E-state index contributed by atoms with van der Waals surface area (Å²) in [5.74, 6) is -0.0391. The second-order valence-electron chi connectivity index (χ2n) is 5.46. The molecule has 1 saturated heterocycles. The maximum absolute atomic E-state index is 12.6. The SMILES string of the molecule is CCOc1ccc(C2(C)NC(=O)N(CC(C)C#N)C2=O)cc1. The lowest BCUT2D eigenvalue weighted by molar-refractivity contribution is -0.131. The molecule has 1 heterocycles. The van der Waals surface area contributed by atoms with E-state index >= 15 is 0 Å². The van der Waals surface area contributed by atoms with Gasteiger partial charge in [0.05, 0.1) is 18.6 Å². The van der Waals surface area contributed by atoms with E-state index in [-0.39, 0.29) is 12.5 Å². The molecule has 0 bridgehead atoms. The molecule has 1 aromatic rings. The lowest BCUT2D eigenvalue weighted by atomic mass is 9.92. The van der Waals surface area contributed by atoms with Gasteiger partial charge in [-0.2, -0.15) is 5.26 Å². The summed E-state index contributed by atoms with van der Waals surface area (Å²) in [6.07, 6.45) is 0. The molecule has 1 fully saturated rings. The summed E-state index contributed by atoms with van der Waals surface area (Å²) in [4.78, 5) is 25.8. The van der Waals surface area contributed by atoms with Gasteiger partial charge < -0.3 is 10.1 Å². The highest BCUT2D eigenvalue weighted by Gasteiger charge is 2.49. The number of hydrogen-bond acceptors (Lipinski definition) is 4. The first-order valence-corrected chi connectivity index (χ1v) is 7.19. The normalized spacial score (nSPS) is 22.2. The van der Waals surface area contributed by atoms with Crippen molar-refractivity contribution in [3.05, 3.63) is 29.8 Å². The number of nitrogens with one attached hydrogen (secondary N) is 1. The van der Waals surface area contributed by atoms with Gasteiger partial charge in [-0.1, -0.05) is 12.1 Å². The van der Waals surface area contributed by atoms with Crippen LogP contribution in [0.2, 0.25) is 0 Å². The van der Waals surface area contributed by atoms with Gasteiger partial charge >= 0.3 is 6.03 Å². The first-order chi connectivity index (χ1) is 10.4. The molecular formula is C16H19N3O3. The van der Waals surface area contributed by atoms with E-state index in [1.807, 2.05) is 13.0 Å². The highest BCUT2D eigenvalue weighted by atomic mass is 16.5. The van der Waals surface area contributed by atoms with E-state index in [4.69, 9.17) is 10.00 Å². The van der Waals surface area contributed by atoms with Crippen LogP contribution in [0.4, 0.5) is 4.79 Å². The van der Waals surface area contributed by atoms with Crippen LogP contribution < -0.4 is 10.1 Å². The van der Waals surface area contributed by atoms with Gasteiger partial charge in [0.25, 0.3) is 5.91 Å². The maximum atomic E-state index is 12.6. The second kappa shape index (κ2) is 6.06. The Morgan fingerprint density at radius 2 is 2.00 bits per heavy atom. The van der Waals surface area contributed by atoms with E-state index in [1.54, 1.807) is 38.1 Å². The van der Waals surface area contributed by atoms with Crippen LogP contribution in [0, 0.1) is 17.2 Å². The van der Waals surface area contributed by atoms with Crippen molar-refractivity contribution in [2.75, 3.05) is 13.2 Å². The van der Waals surface area contributed by atoms with E-state index < -0.39 is 17.5 Å². The number of carbonyl (C=O) groups is 2. The Labute approximate surface area is 129 Å². The number of ether oxygens (including phenoxy) is 1. The zero-order valence-electron chi connectivity index (χ0n) is 12.9. The van der Waals surface area contributed by atoms with Gasteiger partial charge in [0.2, 0.25) is 0 Å². The summed E-state index contributed by atoms with van der Waals surface area (Å²) >= 11 is 0. The van der Waals surface area contributed by atoms with Gasteiger partial charge in [-0.25, -0.2) is 4.79 Å². The smallest absolute Gasteiger partial charge is 0.325 e. The van der Waals surface area contributed by atoms with Crippen LogP contribution in [0.25, 0.3) is 0 Å². The van der Waals surface area contributed by atoms with Gasteiger partial charge in [0, 0.05) is 6.54 Å². The number of nitriles is 1. The number of nitrogens with zero attached hydrogens (tertiary/aromatic N) is 2. The predicted octanol–water partition coefficient (Wildman–Crippen LogP) is 2.01. The molecule has 0 saturated carbocycles. The molecule has 0 aromatic heterocycles. The third-order valence-corrected chi connectivity index (χ3v) is 3.69. The zero-order valence-corrected chi connectivity index (χ0v) is 12.9. The molecule has 3 amide bonds. The number of rotatable bonds is 5. The number of hydrogen-bond donors (Lipinski definition) is 1. The molecule has 1 aliphatic heterocycles. The molecule has 2 rings (SSSR count). The van der Waals surface area contributed by atoms with Gasteiger partial charge in [-0.05, 0) is 38.5 Å². The first kappa shape index (κ1) is 15.8. The van der Waals surface area contributed by atoms with Crippen molar-refractivity contribution in [2.45, 2.75) is 26.3 Å². The van der Waals surface area contributed by atoms with E-state index in [2.05, 4.69) is 5.32 Å². The fourth-order valence-electron chi connectivity index (χ4n) is 2.42. The minimum Gasteiger partial charge on any atom is -0.494 e. The molecule has 1 N–H and O–H groups in total. The minimum absolute atomic E-state index is 0.0911. The van der Waals surface area contributed by atoms with Gasteiger partial charge in [0.1, 0.15) is 11.3 Å². The van der Waals surface area contributed by atoms with Crippen LogP contribution in [0.5, 0.6) is 5.75 Å². The Morgan fingerprint density at radius 3 is 2.55 bits per heavy atom. The molecule has 116 valence electrons. The molecule has 2 unspecified atom stereocenters. The summed E-state index contributed by atoms with van der Waals surface area (Å²) in [6, 6.07) is 8.63. The van der Waals surface area contributed by atoms with Crippen molar-refractivity contribution in [1.29, 1.82) is 5.26 Å². The van der Waals surface area contributed by atoms with Crippen molar-refractivity contribution < 1.29 is 14.3 Å². The number of carbonyl (C=O) groups excluding carboxylic acids is 2. The molecule has 6 nitrogen and oxygen atoms in total. The molecule has 1 aromatic carbocycles. The molecule has 0 spiro atoms. The topological polar surface area (TPSA) is 82.4 Å². The summed E-state index contributed by atoms with van der Waals surface area (Å²) in [5, 5.41) is 11.6. The van der Waals surface area contributed by atoms with Gasteiger partial charge in [-0.3, -0.25) is 9.69 Å². The Bertz CT molecular complexity index is 621. The predicted molar refractivity (Wildman–Crippen MR) is 80.0 cm³/mol. The van der Waals surface area contributed by atoms with Crippen LogP contribution in [-0.2, 0) is 10.3 Å². The van der Waals surface area contributed by atoms with E-state index in [0.717, 1.165) is 4.90 Å². The fraction of sp³-hybridized carbons (Fsp3) is 0.438. The minimum atomic E-state index is -1.11. The van der Waals surface area contributed by atoms with Crippen molar-refractivity contribution in [1.82, 2.24) is 10.2 Å². The number of amides is 3. The van der Waals surface area contributed by atoms with Gasteiger partial charge in [0.15, 0.2) is 0 Å². The molecule has 2 atom stereocenters. The molecule has 0 aliphatic carbocycles. The van der Waals surface area contributed by atoms with Gasteiger partial charge in [-0.15, -0.1) is 0 Å². The Morgan fingerprint density at radius 1 is 1.36 bits per heavy atom. The Balaban J connectivity index is 2.25. The van der Waals surface area contributed by atoms with Crippen LogP contribution in [0.1, 0.15) is 26.3 Å². The molecule has 0 radical (unpaired) electrons. The summed E-state index contributed by atoms with van der Waals surface area (Å²) in [5.41, 5.74) is -0.432. The average Bonchev–Trinajstić information content (AvgIpc) is 2.72. The summed E-state index contributed by atoms with van der Waals surface area (Å²) in [6.45, 7) is 5.89. The number of benzene rings is 1. The molecular weight excluding hydrogens is 282 g/mol. The van der Waals surface area contributed by atoms with Crippen LogP contribution >= 0.6 is 0 Å². The number of imide groups is 1. The van der Waals surface area contributed by atoms with E-state index in [1.165, 1.54) is 0 Å². The zero-order chi connectivity index (χ0) is 16.3. The Hall–Kier alpha value is -2.55. The molecule has 22 heavy (non-hydrogen) atoms. The van der Waals surface area contributed by atoms with Crippen molar-refractivity contribution in [3.8, 4) is 11.8 Å². The standard InChI is InChI=1S/C16H19N3O3/c1-4-22-13-7-5-12(6-8-13)16(3)14(20)19(15(21)18-16)10-11(2)9-17/h5-8,11H,4,10H2,1-3H3,(H,18,21). The maximum Gasteiger partial charge on any atom is 0.325 e. The molecule has 6 heteroatoms. The number of urea groups is 1. The van der Waals surface area contributed by atoms with Crippen LogP contribution in [-0.4, -0.2) is 30.0 Å². The third-order valence-electron chi connectivity index (χ3n) is 3.69. The average molecular weight is 301 g/mol. The first-order valence-electron chi connectivity index (χ1n) is 7.19.